The molecule has 2 aromatic heterocycles. The van der Waals surface area contributed by atoms with Crippen molar-refractivity contribution < 1.29 is 18.0 Å². The fourth-order valence-electron chi connectivity index (χ4n) is 3.09. The molecular weight excluding hydrogens is 371 g/mol. The Kier molecular flexibility index (Phi) is 6.36. The number of nitrogens with one attached hydrogen (secondary N) is 1. The summed E-state index contributed by atoms with van der Waals surface area (Å²) in [4.78, 5) is 16.2. The molecular formula is C19H26F3N5O. The van der Waals surface area contributed by atoms with Gasteiger partial charge in [0.15, 0.2) is 5.69 Å². The minimum absolute atomic E-state index is 0.0846. The van der Waals surface area contributed by atoms with Gasteiger partial charge in [-0.2, -0.15) is 18.3 Å². The van der Waals surface area contributed by atoms with E-state index in [4.69, 9.17) is 0 Å². The highest BCUT2D eigenvalue weighted by atomic mass is 19.4. The SMILES string of the molecule is CC=C(CC)n1ncc(NC(=O)C(C)n2cc(C(F)(F)F)nc2C)c1C(C)C. The lowest BCUT2D eigenvalue weighted by atomic mass is 10.1. The topological polar surface area (TPSA) is 64.7 Å². The summed E-state index contributed by atoms with van der Waals surface area (Å²) in [6.45, 7) is 10.9. The second-order valence-electron chi connectivity index (χ2n) is 6.89. The summed E-state index contributed by atoms with van der Waals surface area (Å²) < 4.78 is 41.7. The van der Waals surface area contributed by atoms with Crippen molar-refractivity contribution in [3.63, 3.8) is 0 Å². The molecule has 28 heavy (non-hydrogen) atoms. The quantitative estimate of drug-likeness (QED) is 0.746. The first-order valence-corrected chi connectivity index (χ1v) is 9.18. The van der Waals surface area contributed by atoms with E-state index in [0.29, 0.717) is 5.69 Å². The minimum Gasteiger partial charge on any atom is -0.322 e. The Labute approximate surface area is 162 Å². The van der Waals surface area contributed by atoms with Gasteiger partial charge < -0.3 is 9.88 Å². The van der Waals surface area contributed by atoms with Crippen LogP contribution >= 0.6 is 0 Å². The average Bonchev–Trinajstić information content (AvgIpc) is 3.19. The van der Waals surface area contributed by atoms with Crippen LogP contribution in [0.5, 0.6) is 0 Å². The summed E-state index contributed by atoms with van der Waals surface area (Å²) in [5.41, 5.74) is 1.38. The summed E-state index contributed by atoms with van der Waals surface area (Å²) in [6, 6.07) is -0.862. The molecule has 1 N–H and O–H groups in total. The van der Waals surface area contributed by atoms with E-state index in [1.807, 2.05) is 33.8 Å². The predicted octanol–water partition coefficient (Wildman–Crippen LogP) is 5.00. The van der Waals surface area contributed by atoms with Crippen molar-refractivity contribution in [2.75, 3.05) is 5.32 Å². The third-order valence-electron chi connectivity index (χ3n) is 4.58. The highest BCUT2D eigenvalue weighted by molar-refractivity contribution is 5.94. The number of halogens is 3. The number of imidazole rings is 1. The highest BCUT2D eigenvalue weighted by Gasteiger charge is 2.35. The molecule has 0 aliphatic heterocycles. The molecule has 0 saturated carbocycles. The summed E-state index contributed by atoms with van der Waals surface area (Å²) in [5, 5.41) is 7.19. The summed E-state index contributed by atoms with van der Waals surface area (Å²) >= 11 is 0. The molecule has 0 aliphatic carbocycles. The van der Waals surface area contributed by atoms with Gasteiger partial charge in [0.2, 0.25) is 5.91 Å². The normalized spacial score (nSPS) is 13.9. The minimum atomic E-state index is -4.55. The molecule has 0 radical (unpaired) electrons. The molecule has 0 aromatic carbocycles. The number of anilines is 1. The largest absolute Gasteiger partial charge is 0.434 e. The zero-order valence-electron chi connectivity index (χ0n) is 16.9. The monoisotopic (exact) mass is 397 g/mol. The summed E-state index contributed by atoms with van der Waals surface area (Å²) in [6.07, 6.45) is 0.611. The highest BCUT2D eigenvalue weighted by Crippen LogP contribution is 2.31. The third kappa shape index (κ3) is 4.28. The van der Waals surface area contributed by atoms with Gasteiger partial charge in [-0.1, -0.05) is 26.8 Å². The third-order valence-corrected chi connectivity index (χ3v) is 4.58. The smallest absolute Gasteiger partial charge is 0.322 e. The van der Waals surface area contributed by atoms with Crippen LogP contribution in [0.3, 0.4) is 0 Å². The first-order valence-electron chi connectivity index (χ1n) is 9.18. The van der Waals surface area contributed by atoms with Crippen LogP contribution in [0.4, 0.5) is 18.9 Å². The fraction of sp³-hybridized carbons (Fsp3) is 0.526. The standard InChI is InChI=1S/C19H26F3N5O/c1-7-14(8-2)27-17(11(3)4)15(9-23-27)25-18(28)12(5)26-10-16(19(20,21)22)24-13(26)6/h7,9-12H,8H2,1-6H3,(H,25,28). The van der Waals surface area contributed by atoms with Gasteiger partial charge in [0.05, 0.1) is 17.6 Å². The number of aryl methyl sites for hydroxylation is 1. The molecule has 2 rings (SSSR count). The number of alkyl halides is 3. The fourth-order valence-corrected chi connectivity index (χ4v) is 3.09. The van der Waals surface area contributed by atoms with Crippen molar-refractivity contribution in [1.29, 1.82) is 0 Å². The molecule has 0 fully saturated rings. The Morgan fingerprint density at radius 1 is 1.32 bits per heavy atom. The second-order valence-corrected chi connectivity index (χ2v) is 6.89. The molecule has 0 saturated heterocycles. The number of allylic oxidation sites excluding steroid dienone is 2. The molecule has 1 unspecified atom stereocenters. The van der Waals surface area contributed by atoms with E-state index in [1.165, 1.54) is 18.4 Å². The maximum Gasteiger partial charge on any atom is 0.434 e. The molecule has 9 heteroatoms. The van der Waals surface area contributed by atoms with Gasteiger partial charge in [-0.25, -0.2) is 9.67 Å². The number of hydrogen-bond acceptors (Lipinski definition) is 3. The second kappa shape index (κ2) is 8.20. The van der Waals surface area contributed by atoms with Gasteiger partial charge in [-0.05, 0) is 33.1 Å². The van der Waals surface area contributed by atoms with Crippen LogP contribution in [0.25, 0.3) is 5.70 Å². The van der Waals surface area contributed by atoms with Gasteiger partial charge in [-0.3, -0.25) is 4.79 Å². The van der Waals surface area contributed by atoms with Gasteiger partial charge in [0.25, 0.3) is 0 Å². The lowest BCUT2D eigenvalue weighted by Gasteiger charge is -2.17. The Morgan fingerprint density at radius 2 is 1.96 bits per heavy atom. The van der Waals surface area contributed by atoms with Crippen LogP contribution in [-0.2, 0) is 11.0 Å². The first kappa shape index (κ1) is 21.7. The van der Waals surface area contributed by atoms with Crippen LogP contribution in [0.15, 0.2) is 18.5 Å². The molecule has 0 aliphatic rings. The van der Waals surface area contributed by atoms with E-state index < -0.39 is 23.8 Å². The van der Waals surface area contributed by atoms with Gasteiger partial charge in [-0.15, -0.1) is 0 Å². The Hall–Kier alpha value is -2.58. The molecule has 1 atom stereocenters. The molecule has 1 amide bonds. The van der Waals surface area contributed by atoms with Crippen LogP contribution in [0.1, 0.15) is 70.2 Å². The number of amides is 1. The maximum atomic E-state index is 12.9. The maximum absolute atomic E-state index is 12.9. The lowest BCUT2D eigenvalue weighted by Crippen LogP contribution is -2.24. The van der Waals surface area contributed by atoms with E-state index in [2.05, 4.69) is 15.4 Å². The van der Waals surface area contributed by atoms with Crippen LogP contribution in [-0.4, -0.2) is 25.2 Å². The number of carbonyl (C=O) groups is 1. The molecule has 6 nitrogen and oxygen atoms in total. The molecule has 2 aromatic rings. The van der Waals surface area contributed by atoms with Crippen LogP contribution in [0.2, 0.25) is 0 Å². The van der Waals surface area contributed by atoms with Crippen molar-refractivity contribution in [2.45, 2.75) is 66.1 Å². The zero-order chi connectivity index (χ0) is 21.2. The number of nitrogens with zero attached hydrogens (tertiary/aromatic N) is 4. The van der Waals surface area contributed by atoms with Crippen LogP contribution < -0.4 is 5.32 Å². The Morgan fingerprint density at radius 3 is 2.43 bits per heavy atom. The van der Waals surface area contributed by atoms with Gasteiger partial charge in [0.1, 0.15) is 11.9 Å². The number of aromatic nitrogens is 4. The molecule has 154 valence electrons. The number of hydrogen-bond donors (Lipinski definition) is 1. The molecule has 0 spiro atoms. The average molecular weight is 397 g/mol. The number of carbonyl (C=O) groups excluding carboxylic acids is 1. The lowest BCUT2D eigenvalue weighted by molar-refractivity contribution is -0.141. The Bertz CT molecular complexity index is 877. The van der Waals surface area contributed by atoms with Gasteiger partial charge in [0, 0.05) is 11.9 Å². The van der Waals surface area contributed by atoms with E-state index in [9.17, 15) is 18.0 Å². The first-order chi connectivity index (χ1) is 13.0. The summed E-state index contributed by atoms with van der Waals surface area (Å²) in [7, 11) is 0. The van der Waals surface area contributed by atoms with E-state index >= 15 is 0 Å². The van der Waals surface area contributed by atoms with Crippen molar-refractivity contribution in [3.05, 3.63) is 35.7 Å². The van der Waals surface area contributed by atoms with E-state index in [0.717, 1.165) is 24.0 Å². The predicted molar refractivity (Wildman–Crippen MR) is 102 cm³/mol. The molecule has 0 bridgehead atoms. The summed E-state index contributed by atoms with van der Waals surface area (Å²) in [5.74, 6) is -0.229. The van der Waals surface area contributed by atoms with Crippen molar-refractivity contribution >= 4 is 17.3 Å². The van der Waals surface area contributed by atoms with Gasteiger partial charge >= 0.3 is 6.18 Å². The van der Waals surface area contributed by atoms with E-state index in [1.54, 1.807) is 10.9 Å². The number of rotatable bonds is 6. The Balaban J connectivity index is 2.32. The van der Waals surface area contributed by atoms with Crippen molar-refractivity contribution in [2.24, 2.45) is 0 Å². The van der Waals surface area contributed by atoms with Crippen molar-refractivity contribution in [1.82, 2.24) is 19.3 Å². The van der Waals surface area contributed by atoms with Crippen LogP contribution in [0, 0.1) is 6.92 Å². The zero-order valence-corrected chi connectivity index (χ0v) is 16.9. The van der Waals surface area contributed by atoms with Crippen molar-refractivity contribution in [3.8, 4) is 0 Å². The molecule has 2 heterocycles. The van der Waals surface area contributed by atoms with E-state index in [-0.39, 0.29) is 11.7 Å².